The number of aromatic amines is 1. The second-order valence-corrected chi connectivity index (χ2v) is 5.52. The fourth-order valence-electron chi connectivity index (χ4n) is 1.75. The van der Waals surface area contributed by atoms with Crippen LogP contribution in [-0.2, 0) is 17.0 Å². The highest BCUT2D eigenvalue weighted by atomic mass is 32.2. The van der Waals surface area contributed by atoms with E-state index in [0.717, 1.165) is 5.56 Å². The monoisotopic (exact) mass is 304 g/mol. The molecule has 0 unspecified atom stereocenters. The van der Waals surface area contributed by atoms with Gasteiger partial charge in [-0.15, -0.1) is 10.2 Å². The van der Waals surface area contributed by atoms with Gasteiger partial charge in [0.15, 0.2) is 5.16 Å². The molecule has 1 N–H and O–H groups in total. The number of nitrogens with one attached hydrogen (secondary N) is 1. The lowest BCUT2D eigenvalue weighted by Gasteiger charge is -2.03. The summed E-state index contributed by atoms with van der Waals surface area (Å²) in [6.07, 6.45) is -0.221. The summed E-state index contributed by atoms with van der Waals surface area (Å²) in [6, 6.07) is 8.05. The minimum absolute atomic E-state index is 0.0213. The Morgan fingerprint density at radius 1 is 1.38 bits per heavy atom. The first kappa shape index (κ1) is 15.2. The van der Waals surface area contributed by atoms with Crippen LogP contribution in [0.3, 0.4) is 0 Å². The summed E-state index contributed by atoms with van der Waals surface area (Å²) >= 11 is 1.37. The summed E-state index contributed by atoms with van der Waals surface area (Å²) in [6.45, 7) is 2.02. The lowest BCUT2D eigenvalue weighted by atomic mass is 10.2. The first-order valence-corrected chi connectivity index (χ1v) is 7.37. The Morgan fingerprint density at radius 3 is 2.86 bits per heavy atom. The molecule has 1 heterocycles. The molecule has 0 aliphatic carbocycles. The summed E-state index contributed by atoms with van der Waals surface area (Å²) < 4.78 is 0. The van der Waals surface area contributed by atoms with Gasteiger partial charge < -0.3 is 9.90 Å². The van der Waals surface area contributed by atoms with Crippen molar-refractivity contribution in [3.8, 4) is 0 Å². The maximum atomic E-state index is 11.7. The smallest absolute Gasteiger partial charge is 0.273 e. The highest BCUT2D eigenvalue weighted by Gasteiger charge is 2.06. The molecule has 6 nitrogen and oxygen atoms in total. The number of carbonyl (C=O) groups is 1. The van der Waals surface area contributed by atoms with Crippen molar-refractivity contribution in [1.82, 2.24) is 15.2 Å². The van der Waals surface area contributed by atoms with Crippen LogP contribution >= 0.6 is 11.8 Å². The molecule has 0 amide bonds. The van der Waals surface area contributed by atoms with Gasteiger partial charge in [-0.05, 0) is 18.9 Å². The lowest BCUT2D eigenvalue weighted by molar-refractivity contribution is -0.305. The fraction of sp³-hybridized carbons (Fsp3) is 0.286. The molecule has 0 bridgehead atoms. The largest absolute Gasteiger partial charge is 0.550 e. The van der Waals surface area contributed by atoms with Crippen molar-refractivity contribution >= 4 is 17.7 Å². The number of benzene rings is 1. The van der Waals surface area contributed by atoms with E-state index in [4.69, 9.17) is 0 Å². The van der Waals surface area contributed by atoms with E-state index in [9.17, 15) is 14.7 Å². The summed E-state index contributed by atoms with van der Waals surface area (Å²) in [7, 11) is 0. The van der Waals surface area contributed by atoms with Crippen molar-refractivity contribution in [2.75, 3.05) is 0 Å². The van der Waals surface area contributed by atoms with E-state index >= 15 is 0 Å². The first-order valence-electron chi connectivity index (χ1n) is 6.38. The van der Waals surface area contributed by atoms with E-state index < -0.39 is 11.5 Å². The van der Waals surface area contributed by atoms with E-state index in [1.165, 1.54) is 17.3 Å². The van der Waals surface area contributed by atoms with Gasteiger partial charge in [-0.3, -0.25) is 9.78 Å². The molecule has 0 radical (unpaired) electrons. The van der Waals surface area contributed by atoms with Gasteiger partial charge in [0.2, 0.25) is 0 Å². The van der Waals surface area contributed by atoms with Crippen molar-refractivity contribution in [1.29, 1.82) is 0 Å². The summed E-state index contributed by atoms with van der Waals surface area (Å²) in [5.41, 5.74) is 2.01. The van der Waals surface area contributed by atoms with Crippen LogP contribution in [0.25, 0.3) is 0 Å². The predicted molar refractivity (Wildman–Crippen MR) is 76.7 cm³/mol. The zero-order valence-corrected chi connectivity index (χ0v) is 12.3. The predicted octanol–water partition coefficient (Wildman–Crippen LogP) is 0.448. The number of nitrogens with zero attached hydrogens (tertiary/aromatic N) is 2. The molecule has 0 saturated carbocycles. The molecule has 21 heavy (non-hydrogen) atoms. The van der Waals surface area contributed by atoms with Crippen LogP contribution in [0.5, 0.6) is 0 Å². The van der Waals surface area contributed by atoms with Crippen molar-refractivity contribution in [2.45, 2.75) is 30.7 Å². The lowest BCUT2D eigenvalue weighted by Crippen LogP contribution is -2.25. The third-order valence-corrected chi connectivity index (χ3v) is 3.70. The number of carboxylic acid groups (broad SMARTS) is 1. The number of aromatic nitrogens is 3. The average Bonchev–Trinajstić information content (AvgIpc) is 2.44. The number of rotatable bonds is 6. The summed E-state index contributed by atoms with van der Waals surface area (Å²) in [5, 5.41) is 18.5. The van der Waals surface area contributed by atoms with Crippen molar-refractivity contribution < 1.29 is 9.90 Å². The molecule has 1 aromatic heterocycles. The standard InChI is InChI=1S/C14H15N3O3S/c1-9-3-2-4-10(7-9)8-21-14-15-13(20)11(16-17-14)5-6-12(18)19/h2-4,7H,5-6,8H2,1H3,(H,18,19)(H,15,17,20)/p-1. The molecule has 0 atom stereocenters. The van der Waals surface area contributed by atoms with Gasteiger partial charge in [0, 0.05) is 18.1 Å². The van der Waals surface area contributed by atoms with Gasteiger partial charge in [-0.1, -0.05) is 41.6 Å². The average molecular weight is 304 g/mol. The fourth-order valence-corrected chi connectivity index (χ4v) is 2.49. The zero-order chi connectivity index (χ0) is 15.2. The molecule has 2 rings (SSSR count). The van der Waals surface area contributed by atoms with Crippen LogP contribution in [0.2, 0.25) is 0 Å². The minimum Gasteiger partial charge on any atom is -0.550 e. The first-order chi connectivity index (χ1) is 10.0. The van der Waals surface area contributed by atoms with Gasteiger partial charge in [0.05, 0.1) is 0 Å². The molecule has 0 spiro atoms. The number of hydrogen-bond acceptors (Lipinski definition) is 6. The van der Waals surface area contributed by atoms with Crippen LogP contribution in [0.15, 0.2) is 34.2 Å². The third-order valence-electron chi connectivity index (χ3n) is 2.77. The molecule has 2 aromatic rings. The van der Waals surface area contributed by atoms with E-state index in [1.807, 2.05) is 25.1 Å². The second kappa shape index (κ2) is 7.03. The number of hydrogen-bond donors (Lipinski definition) is 1. The van der Waals surface area contributed by atoms with Crippen molar-refractivity contribution in [3.05, 3.63) is 51.4 Å². The van der Waals surface area contributed by atoms with Gasteiger partial charge in [0.25, 0.3) is 5.56 Å². The molecule has 110 valence electrons. The van der Waals surface area contributed by atoms with Gasteiger partial charge in [-0.25, -0.2) is 0 Å². The number of carbonyl (C=O) groups excluding carboxylic acids is 1. The second-order valence-electron chi connectivity index (χ2n) is 4.56. The molecule has 0 aliphatic heterocycles. The number of thioether (sulfide) groups is 1. The number of aliphatic carboxylic acids is 1. The third kappa shape index (κ3) is 4.71. The van der Waals surface area contributed by atoms with Crippen molar-refractivity contribution in [2.24, 2.45) is 0 Å². The van der Waals surface area contributed by atoms with Crippen LogP contribution in [0, 0.1) is 6.92 Å². The summed E-state index contributed by atoms with van der Waals surface area (Å²) in [5.74, 6) is -0.542. The minimum atomic E-state index is -1.21. The van der Waals surface area contributed by atoms with Gasteiger partial charge in [0.1, 0.15) is 5.69 Å². The highest BCUT2D eigenvalue weighted by Crippen LogP contribution is 2.18. The number of carboxylic acids is 1. The Bertz CT molecular complexity index is 700. The van der Waals surface area contributed by atoms with Crippen LogP contribution in [0.4, 0.5) is 0 Å². The van der Waals surface area contributed by atoms with Crippen LogP contribution < -0.4 is 10.7 Å². The van der Waals surface area contributed by atoms with Crippen LogP contribution in [-0.4, -0.2) is 21.2 Å². The number of aryl methyl sites for hydroxylation is 2. The molecule has 0 fully saturated rings. The maximum absolute atomic E-state index is 11.7. The van der Waals surface area contributed by atoms with E-state index in [-0.39, 0.29) is 18.5 Å². The maximum Gasteiger partial charge on any atom is 0.273 e. The highest BCUT2D eigenvalue weighted by molar-refractivity contribution is 7.98. The molecule has 7 heteroatoms. The van der Waals surface area contributed by atoms with Crippen molar-refractivity contribution in [3.63, 3.8) is 0 Å². The Balaban J connectivity index is 2.00. The number of H-pyrrole nitrogens is 1. The molecule has 1 aromatic carbocycles. The Kier molecular flexibility index (Phi) is 5.10. The Morgan fingerprint density at radius 2 is 2.19 bits per heavy atom. The van der Waals surface area contributed by atoms with E-state index in [2.05, 4.69) is 21.2 Å². The van der Waals surface area contributed by atoms with E-state index in [0.29, 0.717) is 10.9 Å². The van der Waals surface area contributed by atoms with Gasteiger partial charge >= 0.3 is 0 Å². The molecule has 0 aliphatic rings. The Hall–Kier alpha value is -2.15. The van der Waals surface area contributed by atoms with E-state index in [1.54, 1.807) is 0 Å². The quantitative estimate of drug-likeness (QED) is 0.778. The zero-order valence-electron chi connectivity index (χ0n) is 11.5. The molecule has 0 saturated heterocycles. The van der Waals surface area contributed by atoms with Crippen LogP contribution in [0.1, 0.15) is 23.2 Å². The molecular weight excluding hydrogens is 290 g/mol. The SMILES string of the molecule is Cc1cccc(CSc2nnc(CCC(=O)[O-])c(=O)[nH]2)c1. The normalized spacial score (nSPS) is 10.5. The van der Waals surface area contributed by atoms with Gasteiger partial charge in [-0.2, -0.15) is 0 Å². The molecular formula is C14H14N3O3S-. The topological polar surface area (TPSA) is 98.8 Å². The Labute approximate surface area is 125 Å². The summed E-state index contributed by atoms with van der Waals surface area (Å²) in [4.78, 5) is 24.7.